The molecule has 0 rings (SSSR count). The molecule has 0 heterocycles. The Hall–Kier alpha value is -1.04. The van der Waals surface area contributed by atoms with Gasteiger partial charge in [-0.15, -0.1) is 0 Å². The van der Waals surface area contributed by atoms with Crippen LogP contribution in [0.4, 0.5) is 25.2 Å². The van der Waals surface area contributed by atoms with Crippen molar-refractivity contribution < 1.29 is 65.7 Å². The van der Waals surface area contributed by atoms with Crippen LogP contribution in [-0.2, 0) is 40.6 Å². The Morgan fingerprint density at radius 3 is 1.58 bits per heavy atom. The summed E-state index contributed by atoms with van der Waals surface area (Å²) in [5.41, 5.74) is 0. The zero-order valence-corrected chi connectivity index (χ0v) is 15.0. The monoisotopic (exact) mass is 450 g/mol. The third kappa shape index (κ3) is 138. The predicted molar refractivity (Wildman–Crippen MR) is 73.7 cm³/mol. The molecule has 0 aromatic rings. The van der Waals surface area contributed by atoms with E-state index in [0.29, 0.717) is 6.61 Å². The summed E-state index contributed by atoms with van der Waals surface area (Å²) in [6.45, 7) is 19.2. The Labute approximate surface area is 158 Å². The number of halogens is 6. The van der Waals surface area contributed by atoms with E-state index in [1.807, 2.05) is 0 Å². The molecule has 0 aliphatic rings. The van der Waals surface area contributed by atoms with Gasteiger partial charge < -0.3 is 4.74 Å². The van der Waals surface area contributed by atoms with Crippen LogP contribution in [0.2, 0.25) is 0 Å². The number of ether oxygens (including phenoxy) is 1. The number of unbranched alkanes of at least 4 members (excludes halogenated alkanes) is 3. The van der Waals surface area contributed by atoms with Gasteiger partial charge in [-0.05, 0) is 39.5 Å². The van der Waals surface area contributed by atoms with E-state index in [0.717, 1.165) is 0 Å². The maximum Gasteiger partial charge on any atom is 0.330 e. The Morgan fingerprint density at radius 2 is 1.31 bits per heavy atom. The van der Waals surface area contributed by atoms with Gasteiger partial charge in [-0.2, -0.15) is 0 Å². The SMILES string of the molecule is F[P-](F)(F)(F)(F)F.[C-]#[O+].[C-]#[O+].[C-]#[O+].[CH2][CH][CH][CH][CH]/C=C/C(=O)OCC.[Fe]. The largest absolute Gasteiger partial charge is 0.463 e. The number of esters is 1. The zero-order chi connectivity index (χ0) is 21.6. The third-order valence-corrected chi connectivity index (χ3v) is 0.988. The van der Waals surface area contributed by atoms with Gasteiger partial charge >= 0.3 is 72.9 Å². The third-order valence-electron chi connectivity index (χ3n) is 0.988. The number of carbonyl (C=O) groups is 1. The molecule has 0 aliphatic heterocycles. The first-order chi connectivity index (χ1) is 11.3. The van der Waals surface area contributed by atoms with Crippen LogP contribution in [-0.4, -0.2) is 12.6 Å². The van der Waals surface area contributed by atoms with Crippen molar-refractivity contribution in [3.8, 4) is 0 Å². The Kier molecular flexibility index (Phi) is 31.1. The minimum Gasteiger partial charge on any atom is -0.463 e. The van der Waals surface area contributed by atoms with Gasteiger partial charge in [0.15, 0.2) is 0 Å². The Bertz CT molecular complexity index is 391. The molecule has 5 radical (unpaired) electrons. The van der Waals surface area contributed by atoms with E-state index in [1.165, 1.54) is 6.08 Å². The van der Waals surface area contributed by atoms with Crippen LogP contribution in [0, 0.1) is 52.6 Å². The molecule has 0 saturated carbocycles. The molecule has 0 fully saturated rings. The molecule has 0 aromatic heterocycles. The fourth-order valence-electron chi connectivity index (χ4n) is 0.531. The van der Waals surface area contributed by atoms with E-state index in [-0.39, 0.29) is 23.0 Å². The molecule has 0 aliphatic carbocycles. The van der Waals surface area contributed by atoms with Crippen LogP contribution in [0.25, 0.3) is 0 Å². The molecule has 26 heavy (non-hydrogen) atoms. The molecule has 0 saturated heterocycles. The molecule has 0 N–H and O–H groups in total. The molecule has 5 nitrogen and oxygen atoms in total. The van der Waals surface area contributed by atoms with Crippen molar-refractivity contribution in [2.45, 2.75) is 6.92 Å². The van der Waals surface area contributed by atoms with Crippen LogP contribution in [0.1, 0.15) is 6.92 Å². The zero-order valence-electron chi connectivity index (χ0n) is 13.0. The summed E-state index contributed by atoms with van der Waals surface area (Å²) in [4.78, 5) is 10.7. The maximum atomic E-state index is 10.7. The molecule has 0 spiro atoms. The van der Waals surface area contributed by atoms with Gasteiger partial charge in [0.05, 0.1) is 6.61 Å². The van der Waals surface area contributed by atoms with Crippen LogP contribution < -0.4 is 0 Å². The van der Waals surface area contributed by atoms with Gasteiger partial charge in [-0.1, -0.05) is 6.08 Å². The van der Waals surface area contributed by atoms with Gasteiger partial charge in [0.1, 0.15) is 0 Å². The van der Waals surface area contributed by atoms with E-state index in [9.17, 15) is 30.0 Å². The summed E-state index contributed by atoms with van der Waals surface area (Å²) in [6, 6.07) is 0. The van der Waals surface area contributed by atoms with Crippen molar-refractivity contribution in [2.24, 2.45) is 0 Å². The van der Waals surface area contributed by atoms with Crippen molar-refractivity contribution in [1.29, 1.82) is 0 Å². The first-order valence-corrected chi connectivity index (χ1v) is 7.42. The summed E-state index contributed by atoms with van der Waals surface area (Å²) in [6.07, 6.45) is 9.94. The van der Waals surface area contributed by atoms with Crippen molar-refractivity contribution in [2.75, 3.05) is 6.61 Å². The molecular formula is C13H13F6FeO5P-. The normalized spacial score (nSPS) is 11.3. The molecule has 0 bridgehead atoms. The molecule has 13 heteroatoms. The van der Waals surface area contributed by atoms with Gasteiger partial charge in [0.25, 0.3) is 0 Å². The molecule has 151 valence electrons. The first-order valence-electron chi connectivity index (χ1n) is 5.39. The number of allylic oxidation sites excluding steroid dienone is 1. The quantitative estimate of drug-likeness (QED) is 0.0832. The van der Waals surface area contributed by atoms with Crippen molar-refractivity contribution in [1.82, 2.24) is 0 Å². The molecule has 0 aromatic carbocycles. The van der Waals surface area contributed by atoms with E-state index in [1.54, 1.807) is 38.7 Å². The first kappa shape index (κ1) is 39.9. The summed E-state index contributed by atoms with van der Waals surface area (Å²) in [5, 5.41) is 0. The second-order valence-corrected chi connectivity index (χ2v) is 4.80. The fourth-order valence-corrected chi connectivity index (χ4v) is 0.531. The molecule has 0 unspecified atom stereocenters. The molecule has 0 amide bonds. The van der Waals surface area contributed by atoms with E-state index in [2.05, 4.69) is 31.6 Å². The van der Waals surface area contributed by atoms with Gasteiger partial charge in [-0.25, -0.2) is 4.79 Å². The standard InChI is InChI=1S/C10H13O2.3CO.F6P.Fe/c1-3-5-6-7-8-9-10(11)12-4-2;3*1-2;1-7(2,3,4,5)6;/h3,5-9H,1,4H2,2H3;;;;;/q;;;;-1;/b9-8+;;;;;. The summed E-state index contributed by atoms with van der Waals surface area (Å²) < 4.78 is 86.4. The minimum absolute atomic E-state index is 0. The van der Waals surface area contributed by atoms with E-state index >= 15 is 0 Å². The van der Waals surface area contributed by atoms with Crippen molar-refractivity contribution in [3.63, 3.8) is 0 Å². The van der Waals surface area contributed by atoms with Gasteiger partial charge in [-0.3, -0.25) is 0 Å². The van der Waals surface area contributed by atoms with Gasteiger partial charge in [0.2, 0.25) is 0 Å². The Balaban J connectivity index is -0.0000000613. The summed E-state index contributed by atoms with van der Waals surface area (Å²) in [5.74, 6) is -0.319. The maximum absolute atomic E-state index is 10.7. The van der Waals surface area contributed by atoms with E-state index < -0.39 is 7.81 Å². The number of carbonyl (C=O) groups excluding carboxylic acids is 1. The van der Waals surface area contributed by atoms with Crippen molar-refractivity contribution in [3.05, 3.63) is 64.7 Å². The predicted octanol–water partition coefficient (Wildman–Crippen LogP) is 5.02. The molecular weight excluding hydrogens is 437 g/mol. The van der Waals surface area contributed by atoms with Crippen molar-refractivity contribution >= 4 is 13.8 Å². The Morgan fingerprint density at radius 1 is 0.962 bits per heavy atom. The number of rotatable bonds is 6. The summed E-state index contributed by atoms with van der Waals surface area (Å²) in [7, 11) is -10.7. The minimum atomic E-state index is -10.7. The van der Waals surface area contributed by atoms with Crippen LogP contribution in [0.5, 0.6) is 0 Å². The van der Waals surface area contributed by atoms with Gasteiger partial charge in [0, 0.05) is 23.1 Å². The van der Waals surface area contributed by atoms with Crippen LogP contribution >= 0.6 is 7.81 Å². The van der Waals surface area contributed by atoms with E-state index in [4.69, 9.17) is 14.0 Å². The van der Waals surface area contributed by atoms with Crippen LogP contribution in [0.3, 0.4) is 0 Å². The average Bonchev–Trinajstić information content (AvgIpc) is 2.50. The number of hydrogen-bond acceptors (Lipinski definition) is 2. The second-order valence-electron chi connectivity index (χ2n) is 2.88. The smallest absolute Gasteiger partial charge is 0.330 e. The topological polar surface area (TPSA) is 86.0 Å². The van der Waals surface area contributed by atoms with Crippen LogP contribution in [0.15, 0.2) is 12.2 Å². The molecule has 0 atom stereocenters. The average molecular weight is 450 g/mol. The fraction of sp³-hybridized carbons (Fsp3) is 0.154. The number of hydrogen-bond donors (Lipinski definition) is 0. The summed E-state index contributed by atoms with van der Waals surface area (Å²) >= 11 is 0. The second kappa shape index (κ2) is 20.3.